The number of carbonyl (C=O) groups excluding carboxylic acids is 1. The van der Waals surface area contributed by atoms with E-state index in [0.29, 0.717) is 5.15 Å². The van der Waals surface area contributed by atoms with Crippen LogP contribution >= 0.6 is 11.6 Å². The van der Waals surface area contributed by atoms with Gasteiger partial charge in [0.2, 0.25) is 5.91 Å². The Bertz CT molecular complexity index is 1130. The van der Waals surface area contributed by atoms with Gasteiger partial charge in [-0.15, -0.1) is 0 Å². The molecule has 3 aromatic heterocycles. The number of nitrogens with one attached hydrogen (secondary N) is 3. The first-order chi connectivity index (χ1) is 16.0. The van der Waals surface area contributed by atoms with Crippen LogP contribution in [0.5, 0.6) is 0 Å². The second-order valence-corrected chi connectivity index (χ2v) is 9.87. The Kier molecular flexibility index (Phi) is 6.51. The number of aromatic amines is 1. The first-order valence-electron chi connectivity index (χ1n) is 11.9. The Balaban J connectivity index is 1.26. The number of carbonyl (C=O) groups is 1. The van der Waals surface area contributed by atoms with E-state index in [9.17, 15) is 4.79 Å². The molecule has 8 heteroatoms. The third kappa shape index (κ3) is 5.14. The Morgan fingerprint density at radius 1 is 1.21 bits per heavy atom. The molecule has 1 saturated carbocycles. The minimum atomic E-state index is 0.111. The van der Waals surface area contributed by atoms with Crippen molar-refractivity contribution < 1.29 is 4.79 Å². The molecular weight excluding hydrogens is 436 g/mol. The molecule has 0 bridgehead atoms. The van der Waals surface area contributed by atoms with E-state index in [2.05, 4.69) is 37.5 Å². The third-order valence-electron chi connectivity index (χ3n) is 6.92. The number of likely N-dealkylation sites (tertiary alicyclic amines) is 1. The topological polar surface area (TPSA) is 85.9 Å². The molecule has 2 fully saturated rings. The fourth-order valence-electron chi connectivity index (χ4n) is 5.28. The number of H-pyrrole nitrogens is 1. The van der Waals surface area contributed by atoms with Gasteiger partial charge in [0, 0.05) is 42.0 Å². The van der Waals surface area contributed by atoms with Gasteiger partial charge in [-0.1, -0.05) is 11.6 Å². The van der Waals surface area contributed by atoms with Crippen LogP contribution in [0.2, 0.25) is 5.15 Å². The molecule has 3 N–H and O–H groups in total. The van der Waals surface area contributed by atoms with E-state index in [1.807, 2.05) is 30.5 Å². The number of nitrogens with zero attached hydrogens (tertiary/aromatic N) is 3. The minimum Gasteiger partial charge on any atom is -0.367 e. The standard InChI is InChI=1S/C25H31ClN6O/c1-32-10-4-5-16(15-32)25(33)30-19-7-2-6-18(13-19)29-23-12-17(11-22(26)31-23)21-14-28-24-20(21)8-3-9-27-24/h3,8-9,11-12,14,16,18-19H,2,4-7,10,13,15H2,1H3,(H,27,28)(H,29,31)(H,30,33). The average Bonchev–Trinajstić information content (AvgIpc) is 3.23. The van der Waals surface area contributed by atoms with E-state index in [1.54, 1.807) is 6.20 Å². The summed E-state index contributed by atoms with van der Waals surface area (Å²) in [7, 11) is 2.10. The van der Waals surface area contributed by atoms with Crippen LogP contribution in [0.4, 0.5) is 5.82 Å². The monoisotopic (exact) mass is 466 g/mol. The number of rotatable bonds is 5. The van der Waals surface area contributed by atoms with Crippen LogP contribution in [0.25, 0.3) is 22.2 Å². The van der Waals surface area contributed by atoms with Crippen LogP contribution in [-0.4, -0.2) is 58.0 Å². The SMILES string of the molecule is CN1CCCC(C(=O)NC2CCCC(Nc3cc(-c4c[nH]c5ncccc45)cc(Cl)n3)C2)C1. The lowest BCUT2D eigenvalue weighted by atomic mass is 9.89. The van der Waals surface area contributed by atoms with Gasteiger partial charge in [0.15, 0.2) is 0 Å². The lowest BCUT2D eigenvalue weighted by Gasteiger charge is -2.33. The van der Waals surface area contributed by atoms with Crippen molar-refractivity contribution in [3.63, 3.8) is 0 Å². The number of pyridine rings is 2. The summed E-state index contributed by atoms with van der Waals surface area (Å²) in [6.45, 7) is 1.95. The van der Waals surface area contributed by atoms with Crippen molar-refractivity contribution in [2.75, 3.05) is 25.5 Å². The molecule has 1 amide bonds. The normalized spacial score (nSPS) is 24.0. The Morgan fingerprint density at radius 3 is 2.97 bits per heavy atom. The van der Waals surface area contributed by atoms with Crippen molar-refractivity contribution in [2.45, 2.75) is 50.6 Å². The molecule has 7 nitrogen and oxygen atoms in total. The molecule has 1 aliphatic heterocycles. The van der Waals surface area contributed by atoms with Crippen LogP contribution in [0.3, 0.4) is 0 Å². The van der Waals surface area contributed by atoms with Crippen molar-refractivity contribution in [1.29, 1.82) is 0 Å². The van der Waals surface area contributed by atoms with E-state index >= 15 is 0 Å². The zero-order valence-corrected chi connectivity index (χ0v) is 19.7. The number of amides is 1. The molecule has 33 heavy (non-hydrogen) atoms. The van der Waals surface area contributed by atoms with Crippen molar-refractivity contribution >= 4 is 34.4 Å². The van der Waals surface area contributed by atoms with Gasteiger partial charge in [0.25, 0.3) is 0 Å². The predicted octanol–water partition coefficient (Wildman–Crippen LogP) is 4.46. The lowest BCUT2D eigenvalue weighted by Crippen LogP contribution is -2.47. The fraction of sp³-hybridized carbons (Fsp3) is 0.480. The van der Waals surface area contributed by atoms with E-state index in [4.69, 9.17) is 11.6 Å². The average molecular weight is 467 g/mol. The number of aromatic nitrogens is 3. The van der Waals surface area contributed by atoms with Crippen molar-refractivity contribution in [3.8, 4) is 11.1 Å². The molecule has 1 saturated heterocycles. The number of fused-ring (bicyclic) bond motifs is 1. The number of hydrogen-bond donors (Lipinski definition) is 3. The predicted molar refractivity (Wildman–Crippen MR) is 132 cm³/mol. The Labute approximate surface area is 199 Å². The molecule has 5 rings (SSSR count). The molecule has 0 spiro atoms. The highest BCUT2D eigenvalue weighted by molar-refractivity contribution is 6.29. The van der Waals surface area contributed by atoms with E-state index < -0.39 is 0 Å². The van der Waals surface area contributed by atoms with Crippen LogP contribution in [-0.2, 0) is 4.79 Å². The van der Waals surface area contributed by atoms with Gasteiger partial charge in [0.05, 0.1) is 5.92 Å². The van der Waals surface area contributed by atoms with E-state index in [-0.39, 0.29) is 23.9 Å². The highest BCUT2D eigenvalue weighted by Gasteiger charge is 2.28. The highest BCUT2D eigenvalue weighted by atomic mass is 35.5. The molecule has 2 aliphatic rings. The van der Waals surface area contributed by atoms with Crippen molar-refractivity contribution in [3.05, 3.63) is 41.8 Å². The van der Waals surface area contributed by atoms with Gasteiger partial charge in [-0.25, -0.2) is 9.97 Å². The molecule has 174 valence electrons. The second kappa shape index (κ2) is 9.69. The molecule has 4 heterocycles. The maximum absolute atomic E-state index is 12.8. The third-order valence-corrected chi connectivity index (χ3v) is 7.12. The van der Waals surface area contributed by atoms with Crippen LogP contribution in [0.1, 0.15) is 38.5 Å². The minimum absolute atomic E-state index is 0.111. The zero-order chi connectivity index (χ0) is 22.8. The summed E-state index contributed by atoms with van der Waals surface area (Å²) in [5.41, 5.74) is 2.90. The van der Waals surface area contributed by atoms with Crippen molar-refractivity contribution in [1.82, 2.24) is 25.2 Å². The molecule has 1 aliphatic carbocycles. The van der Waals surface area contributed by atoms with Crippen LogP contribution in [0.15, 0.2) is 36.7 Å². The van der Waals surface area contributed by atoms with E-state index in [0.717, 1.165) is 79.6 Å². The number of halogens is 1. The first-order valence-corrected chi connectivity index (χ1v) is 12.3. The van der Waals surface area contributed by atoms with Gasteiger partial charge in [-0.2, -0.15) is 0 Å². The zero-order valence-electron chi connectivity index (χ0n) is 19.0. The molecule has 3 unspecified atom stereocenters. The second-order valence-electron chi connectivity index (χ2n) is 9.48. The molecule has 3 atom stereocenters. The summed E-state index contributed by atoms with van der Waals surface area (Å²) in [5.74, 6) is 1.09. The summed E-state index contributed by atoms with van der Waals surface area (Å²) >= 11 is 6.39. The number of piperidine rings is 1. The van der Waals surface area contributed by atoms with Crippen LogP contribution in [0, 0.1) is 5.92 Å². The largest absolute Gasteiger partial charge is 0.367 e. The van der Waals surface area contributed by atoms with Gasteiger partial charge >= 0.3 is 0 Å². The molecular formula is C25H31ClN6O. The van der Waals surface area contributed by atoms with Crippen molar-refractivity contribution in [2.24, 2.45) is 5.92 Å². The van der Waals surface area contributed by atoms with Crippen LogP contribution < -0.4 is 10.6 Å². The number of hydrogen-bond acceptors (Lipinski definition) is 5. The number of anilines is 1. The van der Waals surface area contributed by atoms with E-state index in [1.165, 1.54) is 0 Å². The van der Waals surface area contributed by atoms with Gasteiger partial charge in [-0.3, -0.25) is 4.79 Å². The maximum atomic E-state index is 12.8. The maximum Gasteiger partial charge on any atom is 0.224 e. The molecule has 0 radical (unpaired) electrons. The molecule has 3 aromatic rings. The van der Waals surface area contributed by atoms with Gasteiger partial charge < -0.3 is 20.5 Å². The summed E-state index contributed by atoms with van der Waals surface area (Å²) in [4.78, 5) is 27.2. The lowest BCUT2D eigenvalue weighted by molar-refractivity contribution is -0.127. The Morgan fingerprint density at radius 2 is 2.09 bits per heavy atom. The van der Waals surface area contributed by atoms with Gasteiger partial charge in [0.1, 0.15) is 16.6 Å². The summed E-state index contributed by atoms with van der Waals surface area (Å²) in [6, 6.07) is 8.36. The highest BCUT2D eigenvalue weighted by Crippen LogP contribution is 2.31. The smallest absolute Gasteiger partial charge is 0.224 e. The first kappa shape index (κ1) is 22.2. The van der Waals surface area contributed by atoms with Gasteiger partial charge in [-0.05, 0) is 81.9 Å². The fourth-order valence-corrected chi connectivity index (χ4v) is 5.49. The Hall–Kier alpha value is -2.64. The summed E-state index contributed by atoms with van der Waals surface area (Å²) in [5, 5.41) is 8.42. The quantitative estimate of drug-likeness (QED) is 0.483. The summed E-state index contributed by atoms with van der Waals surface area (Å²) < 4.78 is 0. The summed E-state index contributed by atoms with van der Waals surface area (Å²) in [6.07, 6.45) is 9.88. The molecule has 0 aromatic carbocycles.